The van der Waals surface area contributed by atoms with Crippen LogP contribution >= 0.6 is 0 Å². The van der Waals surface area contributed by atoms with E-state index < -0.39 is 29.0 Å². The smallest absolute Gasteiger partial charge is 0.224 e. The number of carbonyl (C=O) groups excluding carboxylic acids is 2. The molecule has 0 fully saturated rings. The summed E-state index contributed by atoms with van der Waals surface area (Å²) in [5, 5.41) is 2.09. The molecule has 1 amide bonds. The van der Waals surface area contributed by atoms with Gasteiger partial charge in [0, 0.05) is 12.8 Å². The van der Waals surface area contributed by atoms with Crippen LogP contribution < -0.4 is 10.1 Å². The molecule has 0 aliphatic heterocycles. The first-order valence-electron chi connectivity index (χ1n) is 7.09. The Labute approximate surface area is 136 Å². The molecule has 7 heteroatoms. The predicted octanol–water partition coefficient (Wildman–Crippen LogP) is 3.47. The van der Waals surface area contributed by atoms with Crippen LogP contribution in [0.5, 0.6) is 5.75 Å². The van der Waals surface area contributed by atoms with E-state index in [1.165, 1.54) is 30.3 Å². The van der Waals surface area contributed by atoms with E-state index in [2.05, 4.69) is 5.32 Å². The minimum atomic E-state index is -0.894. The molecule has 0 saturated heterocycles. The second-order valence-corrected chi connectivity index (χ2v) is 4.93. The Balaban J connectivity index is 1.77. The predicted molar refractivity (Wildman–Crippen MR) is 81.1 cm³/mol. The van der Waals surface area contributed by atoms with Crippen LogP contribution in [0.1, 0.15) is 12.8 Å². The van der Waals surface area contributed by atoms with E-state index in [0.717, 1.165) is 12.1 Å². The van der Waals surface area contributed by atoms with E-state index in [-0.39, 0.29) is 25.2 Å². The van der Waals surface area contributed by atoms with Gasteiger partial charge in [0.15, 0.2) is 5.78 Å². The molecule has 0 radical (unpaired) electrons. The standard InChI is InChI=1S/C17H14F3NO3/c18-11-4-7-13(8-5-11)24-10-12(22)6-9-16(23)21-17-14(19)2-1-3-15(17)20/h1-5,7-8H,6,9-10H2,(H,21,23). The third-order valence-corrected chi connectivity index (χ3v) is 3.07. The van der Waals surface area contributed by atoms with Gasteiger partial charge in [-0.25, -0.2) is 13.2 Å². The van der Waals surface area contributed by atoms with Crippen LogP contribution in [0.2, 0.25) is 0 Å². The second-order valence-electron chi connectivity index (χ2n) is 4.93. The normalized spacial score (nSPS) is 10.3. The van der Waals surface area contributed by atoms with Crippen LogP contribution in [0, 0.1) is 17.5 Å². The Morgan fingerprint density at radius 2 is 1.54 bits per heavy atom. The van der Waals surface area contributed by atoms with Gasteiger partial charge in [0.05, 0.1) is 0 Å². The number of ether oxygens (including phenoxy) is 1. The maximum Gasteiger partial charge on any atom is 0.224 e. The van der Waals surface area contributed by atoms with Gasteiger partial charge in [0.2, 0.25) is 5.91 Å². The van der Waals surface area contributed by atoms with E-state index in [0.29, 0.717) is 5.75 Å². The highest BCUT2D eigenvalue weighted by atomic mass is 19.1. The van der Waals surface area contributed by atoms with E-state index >= 15 is 0 Å². The zero-order valence-corrected chi connectivity index (χ0v) is 12.5. The zero-order chi connectivity index (χ0) is 17.5. The van der Waals surface area contributed by atoms with Crippen molar-refractivity contribution >= 4 is 17.4 Å². The molecule has 2 aromatic rings. The number of carbonyl (C=O) groups is 2. The van der Waals surface area contributed by atoms with E-state index in [1.54, 1.807) is 0 Å². The van der Waals surface area contributed by atoms with Gasteiger partial charge in [-0.2, -0.15) is 0 Å². The van der Waals surface area contributed by atoms with Gasteiger partial charge >= 0.3 is 0 Å². The average molecular weight is 337 g/mol. The summed E-state index contributed by atoms with van der Waals surface area (Å²) in [6.07, 6.45) is -0.386. The molecule has 0 heterocycles. The topological polar surface area (TPSA) is 55.4 Å². The molecule has 0 spiro atoms. The summed E-state index contributed by atoms with van der Waals surface area (Å²) in [5.74, 6) is -2.95. The van der Waals surface area contributed by atoms with Crippen LogP contribution in [0.25, 0.3) is 0 Å². The summed E-state index contributed by atoms with van der Waals surface area (Å²) in [5.41, 5.74) is -0.544. The van der Waals surface area contributed by atoms with E-state index in [1.807, 2.05) is 0 Å². The Kier molecular flexibility index (Phi) is 5.95. The van der Waals surface area contributed by atoms with Crippen molar-refractivity contribution in [2.24, 2.45) is 0 Å². The number of anilines is 1. The van der Waals surface area contributed by atoms with Crippen molar-refractivity contribution in [2.45, 2.75) is 12.8 Å². The first-order valence-corrected chi connectivity index (χ1v) is 7.09. The van der Waals surface area contributed by atoms with Gasteiger partial charge < -0.3 is 10.1 Å². The molecule has 4 nitrogen and oxygen atoms in total. The number of nitrogens with one attached hydrogen (secondary N) is 1. The summed E-state index contributed by atoms with van der Waals surface area (Å²) in [6.45, 7) is -0.285. The minimum Gasteiger partial charge on any atom is -0.486 e. The lowest BCUT2D eigenvalue weighted by Gasteiger charge is -2.08. The maximum absolute atomic E-state index is 13.4. The highest BCUT2D eigenvalue weighted by molar-refractivity contribution is 5.94. The highest BCUT2D eigenvalue weighted by Crippen LogP contribution is 2.18. The van der Waals surface area contributed by atoms with Crippen molar-refractivity contribution in [3.63, 3.8) is 0 Å². The fourth-order valence-electron chi connectivity index (χ4n) is 1.84. The van der Waals surface area contributed by atoms with Crippen LogP contribution in [0.3, 0.4) is 0 Å². The molecule has 0 aromatic heterocycles. The Hall–Kier alpha value is -2.83. The van der Waals surface area contributed by atoms with Gasteiger partial charge in [0.25, 0.3) is 0 Å². The third-order valence-electron chi connectivity index (χ3n) is 3.07. The summed E-state index contributed by atoms with van der Waals surface area (Å²) >= 11 is 0. The van der Waals surface area contributed by atoms with Gasteiger partial charge in [-0.05, 0) is 36.4 Å². The number of halogens is 3. The molecule has 2 aromatic carbocycles. The fraction of sp³-hybridized carbons (Fsp3) is 0.176. The summed E-state index contributed by atoms with van der Waals surface area (Å²) < 4.78 is 44.6. The molecule has 0 saturated carbocycles. The number of rotatable bonds is 7. The van der Waals surface area contributed by atoms with Crippen LogP contribution in [0.15, 0.2) is 42.5 Å². The van der Waals surface area contributed by atoms with E-state index in [4.69, 9.17) is 4.74 Å². The van der Waals surface area contributed by atoms with Crippen LogP contribution in [-0.2, 0) is 9.59 Å². The lowest BCUT2D eigenvalue weighted by Crippen LogP contribution is -2.18. The molecule has 2 rings (SSSR count). The summed E-state index contributed by atoms with van der Waals surface area (Å²) in [6, 6.07) is 8.33. The van der Waals surface area contributed by atoms with Gasteiger partial charge in [-0.3, -0.25) is 9.59 Å². The second kappa shape index (κ2) is 8.14. The number of amides is 1. The van der Waals surface area contributed by atoms with E-state index in [9.17, 15) is 22.8 Å². The van der Waals surface area contributed by atoms with Crippen molar-refractivity contribution in [3.05, 3.63) is 59.9 Å². The average Bonchev–Trinajstić information content (AvgIpc) is 2.56. The fourth-order valence-corrected chi connectivity index (χ4v) is 1.84. The van der Waals surface area contributed by atoms with Crippen LogP contribution in [0.4, 0.5) is 18.9 Å². The summed E-state index contributed by atoms with van der Waals surface area (Å²) in [4.78, 5) is 23.3. The zero-order valence-electron chi connectivity index (χ0n) is 12.5. The Morgan fingerprint density at radius 1 is 0.917 bits per heavy atom. The number of hydrogen-bond donors (Lipinski definition) is 1. The lowest BCUT2D eigenvalue weighted by molar-refractivity contribution is -0.124. The monoisotopic (exact) mass is 337 g/mol. The molecular weight excluding hydrogens is 323 g/mol. The SMILES string of the molecule is O=C(CCC(=O)Nc1c(F)cccc1F)COc1ccc(F)cc1. The molecule has 1 N–H and O–H groups in total. The first kappa shape index (κ1) is 17.5. The molecule has 24 heavy (non-hydrogen) atoms. The third kappa shape index (κ3) is 5.12. The van der Waals surface area contributed by atoms with Crippen molar-refractivity contribution in [1.82, 2.24) is 0 Å². The largest absolute Gasteiger partial charge is 0.486 e. The van der Waals surface area contributed by atoms with Crippen molar-refractivity contribution in [2.75, 3.05) is 11.9 Å². The van der Waals surface area contributed by atoms with Crippen LogP contribution in [-0.4, -0.2) is 18.3 Å². The molecule has 0 atom stereocenters. The molecule has 0 unspecified atom stereocenters. The van der Waals surface area contributed by atoms with Crippen molar-refractivity contribution in [1.29, 1.82) is 0 Å². The minimum absolute atomic E-state index is 0.150. The quantitative estimate of drug-likeness (QED) is 0.842. The number of benzene rings is 2. The molecular formula is C17H14F3NO3. The lowest BCUT2D eigenvalue weighted by atomic mass is 10.2. The Morgan fingerprint density at radius 3 is 2.17 bits per heavy atom. The first-order chi connectivity index (χ1) is 11.5. The number of hydrogen-bond acceptors (Lipinski definition) is 3. The Bertz CT molecular complexity index is 712. The number of para-hydroxylation sites is 1. The van der Waals surface area contributed by atoms with Gasteiger partial charge in [0.1, 0.15) is 35.5 Å². The molecule has 126 valence electrons. The highest BCUT2D eigenvalue weighted by Gasteiger charge is 2.13. The van der Waals surface area contributed by atoms with Gasteiger partial charge in [-0.15, -0.1) is 0 Å². The number of Topliss-reactive ketones (excluding diaryl/α,β-unsaturated/α-hetero) is 1. The molecule has 0 bridgehead atoms. The molecule has 0 aliphatic carbocycles. The van der Waals surface area contributed by atoms with Crippen molar-refractivity contribution in [3.8, 4) is 5.75 Å². The maximum atomic E-state index is 13.4. The van der Waals surface area contributed by atoms with Crippen molar-refractivity contribution < 1.29 is 27.5 Å². The summed E-state index contributed by atoms with van der Waals surface area (Å²) in [7, 11) is 0. The molecule has 0 aliphatic rings. The van der Waals surface area contributed by atoms with Gasteiger partial charge in [-0.1, -0.05) is 6.07 Å². The number of ketones is 1.